The number of rotatable bonds is 9. The maximum atomic E-state index is 15.3. The number of alkyl halides is 3. The molecule has 4 fully saturated rings. The molecule has 0 spiro atoms. The van der Waals surface area contributed by atoms with Crippen LogP contribution in [-0.4, -0.2) is 85.0 Å². The number of nitrogens with zero attached hydrogens (tertiary/aromatic N) is 3. The Morgan fingerprint density at radius 1 is 0.821 bits per heavy atom. The average molecular weight is 798 g/mol. The van der Waals surface area contributed by atoms with Crippen LogP contribution >= 0.6 is 0 Å². The Morgan fingerprint density at radius 3 is 1.80 bits per heavy atom. The molecule has 0 bridgehead atoms. The van der Waals surface area contributed by atoms with Gasteiger partial charge in [-0.2, -0.15) is 4.39 Å². The number of ether oxygens (including phenoxy) is 2. The van der Waals surface area contributed by atoms with Crippen molar-refractivity contribution in [3.8, 4) is 11.5 Å². The third-order valence-corrected chi connectivity index (χ3v) is 10.6. The van der Waals surface area contributed by atoms with E-state index in [0.29, 0.717) is 18.9 Å². The molecule has 1 aliphatic heterocycles. The van der Waals surface area contributed by atoms with Crippen LogP contribution in [0.15, 0.2) is 34.1 Å². The number of carboxylic acids is 1. The quantitative estimate of drug-likeness (QED) is 0.174. The highest BCUT2D eigenvalue weighted by Crippen LogP contribution is 2.49. The van der Waals surface area contributed by atoms with Crippen molar-refractivity contribution in [3.63, 3.8) is 0 Å². The summed E-state index contributed by atoms with van der Waals surface area (Å²) in [6.45, 7) is 0.0953. The van der Waals surface area contributed by atoms with Gasteiger partial charge >= 0.3 is 19.4 Å². The van der Waals surface area contributed by atoms with Crippen molar-refractivity contribution in [2.75, 3.05) is 32.2 Å². The van der Waals surface area contributed by atoms with Crippen molar-refractivity contribution >= 4 is 46.9 Å². The first kappa shape index (κ1) is 38.9. The molecule has 8 rings (SSSR count). The van der Waals surface area contributed by atoms with Crippen molar-refractivity contribution in [1.82, 2.24) is 9.13 Å². The van der Waals surface area contributed by atoms with Crippen LogP contribution in [0.1, 0.15) is 58.5 Å². The Morgan fingerprint density at radius 2 is 1.32 bits per heavy atom. The molecule has 6 atom stereocenters. The zero-order valence-corrected chi connectivity index (χ0v) is 29.3. The predicted molar refractivity (Wildman–Crippen MR) is 184 cm³/mol. The molecule has 1 saturated heterocycles. The third-order valence-electron chi connectivity index (χ3n) is 10.6. The second-order valence-corrected chi connectivity index (χ2v) is 14.2. The maximum Gasteiger partial charge on any atom is 0.798 e. The summed E-state index contributed by atoms with van der Waals surface area (Å²) in [7, 11) is -1.18. The predicted octanol–water partition coefficient (Wildman–Crippen LogP) is 5.05. The molecule has 3 heterocycles. The summed E-state index contributed by atoms with van der Waals surface area (Å²) < 4.78 is 126. The fraction of sp³-hybridized carbons (Fsp3) is 0.429. The molecule has 12 nitrogen and oxygen atoms in total. The SMILES string of the molecule is COc1c(F)c(F)cc2c(=O)c(C(=O)OB(F)F)cn(C3CC3F)c12.COc1c(N2C[C@@H](F)[C@@H](C3(N)CC3)C2)c(F)cc2c(=O)c(C(=O)O)cn([C@@H]3C[C@@H]3F)c12. The van der Waals surface area contributed by atoms with Gasteiger partial charge in [0, 0.05) is 49.8 Å². The molecule has 56 heavy (non-hydrogen) atoms. The van der Waals surface area contributed by atoms with E-state index in [0.717, 1.165) is 30.1 Å². The molecule has 3 aliphatic carbocycles. The number of aromatic nitrogens is 2. The van der Waals surface area contributed by atoms with Crippen molar-refractivity contribution < 1.29 is 63.8 Å². The van der Waals surface area contributed by atoms with Gasteiger partial charge in [-0.05, 0) is 25.0 Å². The largest absolute Gasteiger partial charge is 0.798 e. The molecule has 3 saturated carbocycles. The number of benzene rings is 2. The summed E-state index contributed by atoms with van der Waals surface area (Å²) >= 11 is 0. The van der Waals surface area contributed by atoms with Crippen LogP contribution in [0, 0.1) is 23.4 Å². The van der Waals surface area contributed by atoms with E-state index in [4.69, 9.17) is 15.2 Å². The minimum Gasteiger partial charge on any atom is -0.492 e. The first-order chi connectivity index (χ1) is 26.4. The van der Waals surface area contributed by atoms with Crippen LogP contribution in [-0.2, 0) is 4.65 Å². The van der Waals surface area contributed by atoms with Gasteiger partial charge in [-0.3, -0.25) is 9.59 Å². The summed E-state index contributed by atoms with van der Waals surface area (Å²) in [4.78, 5) is 49.8. The number of nitrogens with two attached hydrogens (primary N) is 1. The lowest BCUT2D eigenvalue weighted by molar-refractivity contribution is 0.0682. The number of methoxy groups -OCH3 is 2. The number of halogens is 8. The average Bonchev–Trinajstić information content (AvgIpc) is 4.10. The van der Waals surface area contributed by atoms with Crippen LogP contribution in [0.3, 0.4) is 0 Å². The van der Waals surface area contributed by atoms with Gasteiger partial charge in [-0.15, -0.1) is 0 Å². The Bertz CT molecular complexity index is 2430. The number of aromatic carboxylic acids is 1. The monoisotopic (exact) mass is 798 g/mol. The van der Waals surface area contributed by atoms with Gasteiger partial charge in [0.05, 0.1) is 48.1 Å². The van der Waals surface area contributed by atoms with E-state index >= 15 is 4.39 Å². The van der Waals surface area contributed by atoms with E-state index in [-0.39, 0.29) is 53.8 Å². The molecule has 2 aromatic carbocycles. The topological polar surface area (TPSA) is 155 Å². The Balaban J connectivity index is 0.000000176. The summed E-state index contributed by atoms with van der Waals surface area (Å²) in [5, 5.41) is 8.65. The highest BCUT2D eigenvalue weighted by Gasteiger charge is 2.53. The van der Waals surface area contributed by atoms with E-state index in [1.54, 1.807) is 0 Å². The first-order valence-electron chi connectivity index (χ1n) is 17.2. The van der Waals surface area contributed by atoms with E-state index < -0.39 is 112 Å². The maximum absolute atomic E-state index is 15.3. The van der Waals surface area contributed by atoms with Gasteiger partial charge in [-0.1, -0.05) is 0 Å². The molecule has 3 N–H and O–H groups in total. The van der Waals surface area contributed by atoms with Crippen LogP contribution in [0.5, 0.6) is 11.5 Å². The van der Waals surface area contributed by atoms with Gasteiger partial charge in [0.25, 0.3) is 0 Å². The molecule has 298 valence electrons. The number of carbonyl (C=O) groups is 2. The zero-order valence-electron chi connectivity index (χ0n) is 29.3. The minimum absolute atomic E-state index is 0.0105. The van der Waals surface area contributed by atoms with Crippen molar-refractivity contribution in [2.24, 2.45) is 11.7 Å². The second-order valence-electron chi connectivity index (χ2n) is 14.2. The normalized spacial score (nSPS) is 24.4. The second kappa shape index (κ2) is 14.0. The number of hydrogen-bond acceptors (Lipinski definition) is 9. The van der Waals surface area contributed by atoms with Crippen molar-refractivity contribution in [2.45, 2.75) is 61.8 Å². The fourth-order valence-corrected chi connectivity index (χ4v) is 7.40. The molecule has 2 unspecified atom stereocenters. The van der Waals surface area contributed by atoms with Crippen LogP contribution < -0.4 is 31.0 Å². The van der Waals surface area contributed by atoms with Gasteiger partial charge in [0.2, 0.25) is 16.7 Å². The number of hydrogen-bond donors (Lipinski definition) is 2. The summed E-state index contributed by atoms with van der Waals surface area (Å²) in [5.74, 6) is -7.98. The highest BCUT2D eigenvalue weighted by atomic mass is 19.2. The molecule has 4 aromatic rings. The van der Waals surface area contributed by atoms with E-state index in [9.17, 15) is 54.9 Å². The lowest BCUT2D eigenvalue weighted by Gasteiger charge is -2.25. The molecular formula is C35H31BF8N4O8. The van der Waals surface area contributed by atoms with Crippen molar-refractivity contribution in [3.05, 3.63) is 73.6 Å². The molecular weight excluding hydrogens is 767 g/mol. The standard InChI is InChI=1S/C21H22F3N3O4.C14H9BF5NO4/c1-31-19-16-9(18(28)10(20(29)30)6-27(16)15-5-12(15)22)4-13(23)17(19)26-7-11(14(24)8-26)21(25)2-3-21;1-24-13-10(18)8(17)2-5-11(13)21(9-3-7(9)16)4-6(12(5)22)14(23)25-15(19)20/h4,6,11-12,14-15H,2-3,5,7-8,25H2,1H3,(H,29,30);2,4,7,9H,3H2,1H3/t11-,12-,14+,15+;/m0./s1. The lowest BCUT2D eigenvalue weighted by Crippen LogP contribution is -2.38. The van der Waals surface area contributed by atoms with E-state index in [1.165, 1.54) is 16.6 Å². The molecule has 21 heteroatoms. The summed E-state index contributed by atoms with van der Waals surface area (Å²) in [5.41, 5.74) is 1.93. The Hall–Kier alpha value is -5.34. The molecule has 2 aromatic heterocycles. The third kappa shape index (κ3) is 6.58. The Labute approximate surface area is 310 Å². The molecule has 0 radical (unpaired) electrons. The first-order valence-corrected chi connectivity index (χ1v) is 17.2. The van der Waals surface area contributed by atoms with Gasteiger partial charge in [0.15, 0.2) is 23.1 Å². The fourth-order valence-electron chi connectivity index (χ4n) is 7.40. The zero-order chi connectivity index (χ0) is 40.7. The number of carbonyl (C=O) groups excluding carboxylic acids is 1. The Kier molecular flexibility index (Phi) is 9.73. The van der Waals surface area contributed by atoms with E-state index in [1.807, 2.05) is 0 Å². The van der Waals surface area contributed by atoms with Crippen LogP contribution in [0.2, 0.25) is 0 Å². The van der Waals surface area contributed by atoms with Gasteiger partial charge < -0.3 is 39.0 Å². The van der Waals surface area contributed by atoms with Crippen LogP contribution in [0.4, 0.5) is 40.7 Å². The van der Waals surface area contributed by atoms with Crippen molar-refractivity contribution in [1.29, 1.82) is 0 Å². The smallest absolute Gasteiger partial charge is 0.492 e. The van der Waals surface area contributed by atoms with Crippen LogP contribution in [0.25, 0.3) is 21.8 Å². The molecule has 0 amide bonds. The number of pyridine rings is 2. The molecule has 4 aliphatic rings. The minimum atomic E-state index is -3.48. The van der Waals surface area contributed by atoms with E-state index in [2.05, 4.69) is 4.65 Å². The highest BCUT2D eigenvalue weighted by molar-refractivity contribution is 6.38. The summed E-state index contributed by atoms with van der Waals surface area (Å²) in [6.07, 6.45) is -0.413. The number of carboxylic acid groups (broad SMARTS) is 1. The summed E-state index contributed by atoms with van der Waals surface area (Å²) in [6, 6.07) is -0.127. The number of anilines is 1. The van der Waals surface area contributed by atoms with Gasteiger partial charge in [0.1, 0.15) is 35.3 Å². The van der Waals surface area contributed by atoms with Gasteiger partial charge in [-0.25, -0.2) is 40.2 Å². The number of fused-ring (bicyclic) bond motifs is 2. The lowest BCUT2D eigenvalue weighted by atomic mass is 9.96.